The van der Waals surface area contributed by atoms with Crippen molar-refractivity contribution < 1.29 is 0 Å². The van der Waals surface area contributed by atoms with Gasteiger partial charge < -0.3 is 4.90 Å². The van der Waals surface area contributed by atoms with Crippen LogP contribution in [0.4, 0.5) is 5.69 Å². The van der Waals surface area contributed by atoms with Gasteiger partial charge in [-0.05, 0) is 44.2 Å². The van der Waals surface area contributed by atoms with Crippen LogP contribution in [0.2, 0.25) is 0 Å². The lowest BCUT2D eigenvalue weighted by Crippen LogP contribution is -2.19. The highest BCUT2D eigenvalue weighted by atomic mass is 15.1. The largest absolute Gasteiger partial charge is 0.311 e. The number of rotatable bonds is 6. The predicted octanol–water partition coefficient (Wildman–Crippen LogP) is 7.28. The number of allylic oxidation sites excluding steroid dienone is 6. The van der Waals surface area contributed by atoms with E-state index in [4.69, 9.17) is 0 Å². The Bertz CT molecular complexity index is 504. The summed E-state index contributed by atoms with van der Waals surface area (Å²) in [5.41, 5.74) is 3.19. The van der Waals surface area contributed by atoms with Crippen molar-refractivity contribution in [3.63, 3.8) is 0 Å². The van der Waals surface area contributed by atoms with Crippen LogP contribution in [0.5, 0.6) is 0 Å². The summed E-state index contributed by atoms with van der Waals surface area (Å²) in [4.78, 5) is 2.15. The molecule has 0 aromatic heterocycles. The minimum Gasteiger partial charge on any atom is -0.311 e. The lowest BCUT2D eigenvalue weighted by atomic mass is 10.2. The molecule has 1 nitrogen and oxygen atoms in total. The molecule has 0 bridgehead atoms. The zero-order chi connectivity index (χ0) is 18.1. The molecule has 0 N–H and O–H groups in total. The number of anilines is 1. The molecule has 126 valence electrons. The summed E-state index contributed by atoms with van der Waals surface area (Å²) in [6, 6.07) is 10.2. The molecule has 0 atom stereocenters. The van der Waals surface area contributed by atoms with Gasteiger partial charge in [0.15, 0.2) is 0 Å². The molecule has 0 fully saturated rings. The molecule has 1 rings (SSSR count). The van der Waals surface area contributed by atoms with E-state index in [-0.39, 0.29) is 0 Å². The number of hydrogen-bond donors (Lipinski definition) is 0. The second kappa shape index (κ2) is 16.1. The van der Waals surface area contributed by atoms with Crippen molar-refractivity contribution >= 4 is 5.69 Å². The van der Waals surface area contributed by atoms with Gasteiger partial charge in [-0.15, -0.1) is 0 Å². The first kappa shape index (κ1) is 23.0. The Labute approximate surface area is 144 Å². The third kappa shape index (κ3) is 8.06. The highest BCUT2D eigenvalue weighted by Gasteiger charge is 2.11. The maximum Gasteiger partial charge on any atom is 0.0461 e. The molecule has 0 aliphatic rings. The number of benzene rings is 1. The van der Waals surface area contributed by atoms with Crippen molar-refractivity contribution in [1.82, 2.24) is 0 Å². The van der Waals surface area contributed by atoms with Gasteiger partial charge in [-0.2, -0.15) is 0 Å². The van der Waals surface area contributed by atoms with Crippen molar-refractivity contribution in [3.05, 3.63) is 91.3 Å². The molecule has 0 radical (unpaired) electrons. The normalized spacial score (nSPS) is 10.9. The maximum absolute atomic E-state index is 3.89. The third-order valence-corrected chi connectivity index (χ3v) is 2.66. The second-order valence-electron chi connectivity index (χ2n) is 3.92. The molecule has 0 aliphatic carbocycles. The fourth-order valence-corrected chi connectivity index (χ4v) is 1.86. The Kier molecular flexibility index (Phi) is 16.1. The Balaban J connectivity index is 0. The summed E-state index contributed by atoms with van der Waals surface area (Å²) in [6.07, 6.45) is 11.7. The first-order valence-corrected chi connectivity index (χ1v) is 8.37. The van der Waals surface area contributed by atoms with Gasteiger partial charge in [-0.1, -0.05) is 77.3 Å². The monoisotopic (exact) mass is 311 g/mol. The third-order valence-electron chi connectivity index (χ3n) is 2.66. The van der Waals surface area contributed by atoms with Crippen LogP contribution in [0.1, 0.15) is 41.5 Å². The smallest absolute Gasteiger partial charge is 0.0461 e. The van der Waals surface area contributed by atoms with E-state index in [1.165, 1.54) is 0 Å². The summed E-state index contributed by atoms with van der Waals surface area (Å²) >= 11 is 0. The molecule has 1 heteroatoms. The van der Waals surface area contributed by atoms with E-state index >= 15 is 0 Å². The molecule has 0 saturated heterocycles. The molecular formula is C22H33N. The van der Waals surface area contributed by atoms with Gasteiger partial charge >= 0.3 is 0 Å². The molecule has 0 unspecified atom stereocenters. The summed E-state index contributed by atoms with van der Waals surface area (Å²) in [6.45, 7) is 19.7. The van der Waals surface area contributed by atoms with Crippen LogP contribution in [-0.2, 0) is 0 Å². The van der Waals surface area contributed by atoms with E-state index in [0.29, 0.717) is 0 Å². The Morgan fingerprint density at radius 3 is 1.87 bits per heavy atom. The molecular weight excluding hydrogens is 278 g/mol. The summed E-state index contributed by atoms with van der Waals surface area (Å²) in [7, 11) is 0. The number of nitrogens with zero attached hydrogens (tertiary/aromatic N) is 1. The van der Waals surface area contributed by atoms with Gasteiger partial charge in [0.2, 0.25) is 0 Å². The van der Waals surface area contributed by atoms with Crippen LogP contribution in [0.15, 0.2) is 91.3 Å². The highest BCUT2D eigenvalue weighted by Crippen LogP contribution is 2.25. The summed E-state index contributed by atoms with van der Waals surface area (Å²) < 4.78 is 0. The van der Waals surface area contributed by atoms with Gasteiger partial charge in [0.1, 0.15) is 0 Å². The van der Waals surface area contributed by atoms with Crippen molar-refractivity contribution in [2.45, 2.75) is 41.5 Å². The minimum atomic E-state index is 1.04. The van der Waals surface area contributed by atoms with Crippen molar-refractivity contribution in [2.24, 2.45) is 0 Å². The molecule has 0 spiro atoms. The molecule has 1 aromatic carbocycles. The molecule has 1 aromatic rings. The van der Waals surface area contributed by atoms with E-state index in [1.54, 1.807) is 6.08 Å². The minimum absolute atomic E-state index is 1.04. The average molecular weight is 312 g/mol. The topological polar surface area (TPSA) is 3.24 Å². The maximum atomic E-state index is 3.89. The first-order chi connectivity index (χ1) is 11.3. The molecule has 23 heavy (non-hydrogen) atoms. The van der Waals surface area contributed by atoms with Crippen molar-refractivity contribution in [1.29, 1.82) is 0 Å². The SMILES string of the molecule is C=C/C=C(\C=C/C)N(/C(C=C)=C/C)c1ccccc1.CC.CC. The van der Waals surface area contributed by atoms with E-state index in [0.717, 1.165) is 17.1 Å². The van der Waals surface area contributed by atoms with Crippen LogP contribution in [0, 0.1) is 0 Å². The van der Waals surface area contributed by atoms with Crippen LogP contribution < -0.4 is 4.90 Å². The van der Waals surface area contributed by atoms with Crippen molar-refractivity contribution in [3.8, 4) is 0 Å². The van der Waals surface area contributed by atoms with Gasteiger partial charge in [0.05, 0.1) is 0 Å². The first-order valence-electron chi connectivity index (χ1n) is 8.37. The lowest BCUT2D eigenvalue weighted by Gasteiger charge is -2.27. The van der Waals surface area contributed by atoms with Gasteiger partial charge in [-0.25, -0.2) is 0 Å². The standard InChI is InChI=1S/C18H21N.2C2H6/c1-5-12-17(13-6-2)19(16(7-3)8-4)18-14-10-9-11-15-18;2*1-2/h5-15H,1,3H2,2,4H3;2*1-2H3/b13-6-,16-8+,17-12+;;. The number of para-hydroxylation sites is 1. The molecule has 0 amide bonds. The second-order valence-corrected chi connectivity index (χ2v) is 3.92. The van der Waals surface area contributed by atoms with Gasteiger partial charge in [0.25, 0.3) is 0 Å². The Hall–Kier alpha value is -2.28. The number of hydrogen-bond acceptors (Lipinski definition) is 1. The van der Waals surface area contributed by atoms with E-state index in [9.17, 15) is 0 Å². The van der Waals surface area contributed by atoms with E-state index in [1.807, 2.05) is 84.0 Å². The molecule has 0 heterocycles. The fourth-order valence-electron chi connectivity index (χ4n) is 1.86. The van der Waals surface area contributed by atoms with E-state index < -0.39 is 0 Å². The molecule has 0 saturated carbocycles. The van der Waals surface area contributed by atoms with E-state index in [2.05, 4.69) is 36.3 Å². The Morgan fingerprint density at radius 2 is 1.48 bits per heavy atom. The average Bonchev–Trinajstić information content (AvgIpc) is 2.63. The van der Waals surface area contributed by atoms with Crippen LogP contribution in [0.3, 0.4) is 0 Å². The summed E-state index contributed by atoms with van der Waals surface area (Å²) in [5.74, 6) is 0. The fraction of sp³-hybridized carbons (Fsp3) is 0.273. The Morgan fingerprint density at radius 1 is 0.913 bits per heavy atom. The lowest BCUT2D eigenvalue weighted by molar-refractivity contribution is 1.13. The van der Waals surface area contributed by atoms with Crippen LogP contribution >= 0.6 is 0 Å². The predicted molar refractivity (Wildman–Crippen MR) is 109 cm³/mol. The molecule has 0 aliphatic heterocycles. The van der Waals surface area contributed by atoms with Crippen LogP contribution in [-0.4, -0.2) is 0 Å². The summed E-state index contributed by atoms with van der Waals surface area (Å²) in [5, 5.41) is 0. The van der Waals surface area contributed by atoms with Crippen molar-refractivity contribution in [2.75, 3.05) is 4.90 Å². The van der Waals surface area contributed by atoms with Gasteiger partial charge in [0, 0.05) is 17.1 Å². The zero-order valence-corrected chi connectivity index (χ0v) is 15.7. The zero-order valence-electron chi connectivity index (χ0n) is 15.7. The highest BCUT2D eigenvalue weighted by molar-refractivity contribution is 5.62. The van der Waals surface area contributed by atoms with Gasteiger partial charge in [-0.3, -0.25) is 0 Å². The van der Waals surface area contributed by atoms with Crippen LogP contribution in [0.25, 0.3) is 0 Å². The quantitative estimate of drug-likeness (QED) is 0.499.